The van der Waals surface area contributed by atoms with Crippen LogP contribution in [0, 0.1) is 18.6 Å². The fraction of sp³-hybridized carbons (Fsp3) is 0.200. The Hall–Kier alpha value is -2.97. The first kappa shape index (κ1) is 20.8. The second kappa shape index (κ2) is 8.18. The van der Waals surface area contributed by atoms with Crippen molar-refractivity contribution in [1.29, 1.82) is 0 Å². The molecule has 3 rings (SSSR count). The molecule has 0 aliphatic carbocycles. The summed E-state index contributed by atoms with van der Waals surface area (Å²) in [6.45, 7) is 1.38. The third kappa shape index (κ3) is 3.94. The topological polar surface area (TPSA) is 91.6 Å². The molecule has 0 saturated carbocycles. The van der Waals surface area contributed by atoms with Crippen molar-refractivity contribution in [2.24, 2.45) is 0 Å². The van der Waals surface area contributed by atoms with Gasteiger partial charge in [-0.05, 0) is 36.8 Å². The van der Waals surface area contributed by atoms with Crippen molar-refractivity contribution in [3.8, 4) is 5.75 Å². The number of aliphatic hydroxyl groups excluding tert-OH is 1. The van der Waals surface area contributed by atoms with Gasteiger partial charge in [0.2, 0.25) is 5.91 Å². The molecule has 0 spiro atoms. The monoisotopic (exact) mass is 422 g/mol. The Labute approximate surface area is 169 Å². The summed E-state index contributed by atoms with van der Waals surface area (Å²) in [6.07, 6.45) is -0.164. The fourth-order valence-electron chi connectivity index (χ4n) is 3.15. The van der Waals surface area contributed by atoms with Crippen molar-refractivity contribution in [2.45, 2.75) is 13.3 Å². The maximum absolute atomic E-state index is 14.0. The van der Waals surface area contributed by atoms with Crippen LogP contribution < -0.4 is 5.32 Å². The number of halogens is 3. The average molecular weight is 423 g/mol. The van der Waals surface area contributed by atoms with E-state index in [0.29, 0.717) is 16.6 Å². The number of nitrogens with one attached hydrogen (secondary N) is 1. The third-order valence-corrected chi connectivity index (χ3v) is 4.85. The minimum atomic E-state index is -0.942. The van der Waals surface area contributed by atoms with Gasteiger partial charge in [-0.1, -0.05) is 11.6 Å². The lowest BCUT2D eigenvalue weighted by atomic mass is 10.1. The molecule has 1 heterocycles. The van der Waals surface area contributed by atoms with Gasteiger partial charge in [0.1, 0.15) is 5.82 Å². The van der Waals surface area contributed by atoms with Crippen molar-refractivity contribution in [3.63, 3.8) is 0 Å². The number of phenolic OH excluding ortho intramolecular Hbond substituents is 1. The molecule has 1 amide bonds. The van der Waals surface area contributed by atoms with Gasteiger partial charge in [0.25, 0.3) is 5.91 Å². The first-order chi connectivity index (χ1) is 13.7. The zero-order valence-electron chi connectivity index (χ0n) is 15.3. The van der Waals surface area contributed by atoms with Crippen molar-refractivity contribution < 1.29 is 28.6 Å². The van der Waals surface area contributed by atoms with Gasteiger partial charge >= 0.3 is 0 Å². The standard InChI is InChI=1S/C20H17ClF2N2O4/c1-10-12(8-19(28)24-4-5-26)13-7-18(27)16(23)9-17(13)25(10)20(29)11-2-3-14(21)15(22)6-11/h2-3,6-7,9,26-27H,4-5,8H2,1H3,(H,24,28). The summed E-state index contributed by atoms with van der Waals surface area (Å²) in [5.74, 6) is -3.41. The number of aliphatic hydroxyl groups is 1. The number of fused-ring (bicyclic) bond motifs is 1. The summed E-state index contributed by atoms with van der Waals surface area (Å²) < 4.78 is 29.0. The number of hydrogen-bond acceptors (Lipinski definition) is 4. The number of carbonyl (C=O) groups is 2. The van der Waals surface area contributed by atoms with E-state index in [1.54, 1.807) is 6.92 Å². The van der Waals surface area contributed by atoms with Gasteiger partial charge in [-0.3, -0.25) is 14.2 Å². The van der Waals surface area contributed by atoms with Gasteiger partial charge < -0.3 is 15.5 Å². The summed E-state index contributed by atoms with van der Waals surface area (Å²) in [5, 5.41) is 21.3. The highest BCUT2D eigenvalue weighted by atomic mass is 35.5. The molecular weight excluding hydrogens is 406 g/mol. The number of phenols is 1. The predicted molar refractivity (Wildman–Crippen MR) is 103 cm³/mol. The van der Waals surface area contributed by atoms with E-state index in [9.17, 15) is 23.5 Å². The van der Waals surface area contributed by atoms with Crippen LogP contribution >= 0.6 is 11.6 Å². The van der Waals surface area contributed by atoms with Crippen molar-refractivity contribution in [2.75, 3.05) is 13.2 Å². The summed E-state index contributed by atoms with van der Waals surface area (Å²) >= 11 is 5.67. The number of amides is 1. The third-order valence-electron chi connectivity index (χ3n) is 4.54. The molecule has 29 heavy (non-hydrogen) atoms. The molecule has 152 valence electrons. The molecule has 0 aliphatic rings. The maximum Gasteiger partial charge on any atom is 0.262 e. The van der Waals surface area contributed by atoms with E-state index in [4.69, 9.17) is 16.7 Å². The summed E-state index contributed by atoms with van der Waals surface area (Å²) in [5.41, 5.74) is 0.845. The minimum Gasteiger partial charge on any atom is -0.505 e. The van der Waals surface area contributed by atoms with Crippen molar-refractivity contribution >= 4 is 34.3 Å². The Morgan fingerprint density at radius 2 is 1.90 bits per heavy atom. The largest absolute Gasteiger partial charge is 0.505 e. The number of aromatic nitrogens is 1. The van der Waals surface area contributed by atoms with Crippen LogP contribution in [-0.4, -0.2) is 39.7 Å². The van der Waals surface area contributed by atoms with Crippen molar-refractivity contribution in [1.82, 2.24) is 9.88 Å². The van der Waals surface area contributed by atoms with E-state index < -0.39 is 29.2 Å². The molecule has 0 unspecified atom stereocenters. The molecule has 0 saturated heterocycles. The lowest BCUT2D eigenvalue weighted by molar-refractivity contribution is -0.120. The zero-order valence-corrected chi connectivity index (χ0v) is 16.1. The van der Waals surface area contributed by atoms with Crippen LogP contribution in [0.5, 0.6) is 5.75 Å². The van der Waals surface area contributed by atoms with Gasteiger partial charge in [-0.25, -0.2) is 8.78 Å². The highest BCUT2D eigenvalue weighted by Crippen LogP contribution is 2.32. The molecule has 9 heteroatoms. The molecule has 0 aliphatic heterocycles. The van der Waals surface area contributed by atoms with E-state index in [0.717, 1.165) is 22.8 Å². The SMILES string of the molecule is Cc1c(CC(=O)NCCO)c2cc(O)c(F)cc2n1C(=O)c1ccc(Cl)c(F)c1. The number of nitrogens with zero attached hydrogens (tertiary/aromatic N) is 1. The zero-order chi connectivity index (χ0) is 21.3. The van der Waals surface area contributed by atoms with E-state index in [1.807, 2.05) is 0 Å². The molecule has 2 aromatic carbocycles. The smallest absolute Gasteiger partial charge is 0.262 e. The van der Waals surface area contributed by atoms with Crippen LogP contribution in [0.1, 0.15) is 21.6 Å². The van der Waals surface area contributed by atoms with Gasteiger partial charge in [-0.15, -0.1) is 0 Å². The minimum absolute atomic E-state index is 0.0170. The second-order valence-corrected chi connectivity index (χ2v) is 6.81. The van der Waals surface area contributed by atoms with Crippen LogP contribution in [0.15, 0.2) is 30.3 Å². The van der Waals surface area contributed by atoms with Gasteiger partial charge in [0.05, 0.1) is 23.6 Å². The highest BCUT2D eigenvalue weighted by molar-refractivity contribution is 6.30. The molecule has 0 atom stereocenters. The number of carbonyl (C=O) groups excluding carboxylic acids is 2. The van der Waals surface area contributed by atoms with Crippen molar-refractivity contribution in [3.05, 3.63) is 63.8 Å². The van der Waals surface area contributed by atoms with Crippen LogP contribution in [0.25, 0.3) is 10.9 Å². The van der Waals surface area contributed by atoms with Crippen LogP contribution in [-0.2, 0) is 11.2 Å². The average Bonchev–Trinajstić information content (AvgIpc) is 2.93. The Morgan fingerprint density at radius 1 is 1.17 bits per heavy atom. The van der Waals surface area contributed by atoms with Crippen LogP contribution in [0.4, 0.5) is 8.78 Å². The first-order valence-electron chi connectivity index (χ1n) is 8.64. The molecular formula is C20H17ClF2N2O4. The lowest BCUT2D eigenvalue weighted by Gasteiger charge is -2.09. The highest BCUT2D eigenvalue weighted by Gasteiger charge is 2.23. The van der Waals surface area contributed by atoms with Crippen LogP contribution in [0.3, 0.4) is 0 Å². The van der Waals surface area contributed by atoms with Gasteiger partial charge in [0, 0.05) is 29.3 Å². The lowest BCUT2D eigenvalue weighted by Crippen LogP contribution is -2.28. The molecule has 6 nitrogen and oxygen atoms in total. The van der Waals surface area contributed by atoms with E-state index >= 15 is 0 Å². The first-order valence-corrected chi connectivity index (χ1v) is 9.02. The molecule has 0 radical (unpaired) electrons. The maximum atomic E-state index is 14.0. The van der Waals surface area contributed by atoms with Gasteiger partial charge in [-0.2, -0.15) is 0 Å². The summed E-state index contributed by atoms with van der Waals surface area (Å²) in [7, 11) is 0. The Kier molecular flexibility index (Phi) is 5.86. The second-order valence-electron chi connectivity index (χ2n) is 6.40. The van der Waals surface area contributed by atoms with E-state index in [2.05, 4.69) is 5.32 Å². The van der Waals surface area contributed by atoms with E-state index in [1.165, 1.54) is 12.1 Å². The fourth-order valence-corrected chi connectivity index (χ4v) is 3.27. The Bertz CT molecular complexity index is 1130. The predicted octanol–water partition coefficient (Wildman–Crippen LogP) is 2.93. The van der Waals surface area contributed by atoms with Gasteiger partial charge in [0.15, 0.2) is 11.6 Å². The molecule has 0 bridgehead atoms. The molecule has 0 fully saturated rings. The Morgan fingerprint density at radius 3 is 2.55 bits per heavy atom. The molecule has 3 N–H and O–H groups in total. The number of benzene rings is 2. The normalized spacial score (nSPS) is 11.1. The van der Waals surface area contributed by atoms with Crippen LogP contribution in [0.2, 0.25) is 5.02 Å². The quantitative estimate of drug-likeness (QED) is 0.589. The summed E-state index contributed by atoms with van der Waals surface area (Å²) in [4.78, 5) is 25.2. The number of hydrogen-bond donors (Lipinski definition) is 3. The summed E-state index contributed by atoms with van der Waals surface area (Å²) in [6, 6.07) is 5.67. The number of aromatic hydroxyl groups is 1. The number of rotatable bonds is 5. The molecule has 1 aromatic heterocycles. The van der Waals surface area contributed by atoms with E-state index in [-0.39, 0.29) is 35.7 Å². The Balaban J connectivity index is 2.17. The molecule has 3 aromatic rings.